The number of hydrogen-bond acceptors (Lipinski definition) is 3. The van der Waals surface area contributed by atoms with E-state index in [0.717, 1.165) is 45.3 Å². The van der Waals surface area contributed by atoms with E-state index < -0.39 is 0 Å². The summed E-state index contributed by atoms with van der Waals surface area (Å²) < 4.78 is 0. The van der Waals surface area contributed by atoms with Crippen LogP contribution in [0.1, 0.15) is 32.6 Å². The van der Waals surface area contributed by atoms with Gasteiger partial charge in [-0.1, -0.05) is 0 Å². The van der Waals surface area contributed by atoms with Crippen molar-refractivity contribution in [2.24, 2.45) is 5.41 Å². The Morgan fingerprint density at radius 2 is 2.27 bits per heavy atom. The molecule has 1 aliphatic heterocycles. The van der Waals surface area contributed by atoms with Gasteiger partial charge in [-0.25, -0.2) is 0 Å². The van der Waals surface area contributed by atoms with Gasteiger partial charge in [0.2, 0.25) is 5.91 Å². The van der Waals surface area contributed by atoms with Crippen molar-refractivity contribution in [3.8, 4) is 0 Å². The normalized spacial score (nSPS) is 25.5. The summed E-state index contributed by atoms with van der Waals surface area (Å²) in [5, 5.41) is 14.8. The molecule has 1 heterocycles. The molecule has 1 atom stereocenters. The lowest BCUT2D eigenvalue weighted by Crippen LogP contribution is -2.40. The van der Waals surface area contributed by atoms with Gasteiger partial charge in [-0.3, -0.25) is 4.79 Å². The van der Waals surface area contributed by atoms with Gasteiger partial charge >= 0.3 is 0 Å². The first kappa shape index (κ1) is 12.5. The van der Waals surface area contributed by atoms with E-state index in [1.165, 1.54) is 0 Å². The minimum Gasteiger partial charge on any atom is -0.396 e. The SMILES string of the molecule is CC1(C(=O)NCCCCCO)CCNC1. The number of rotatable bonds is 6. The largest absolute Gasteiger partial charge is 0.396 e. The average Bonchev–Trinajstić information content (AvgIpc) is 2.66. The van der Waals surface area contributed by atoms with Crippen molar-refractivity contribution in [3.63, 3.8) is 0 Å². The molecule has 1 rings (SSSR count). The van der Waals surface area contributed by atoms with Gasteiger partial charge in [-0.05, 0) is 39.2 Å². The summed E-state index contributed by atoms with van der Waals surface area (Å²) in [5.41, 5.74) is -0.211. The molecule has 1 aliphatic rings. The summed E-state index contributed by atoms with van der Waals surface area (Å²) in [6.07, 6.45) is 3.69. The summed E-state index contributed by atoms with van der Waals surface area (Å²) in [6, 6.07) is 0. The molecule has 3 N–H and O–H groups in total. The molecule has 1 saturated heterocycles. The van der Waals surface area contributed by atoms with Crippen LogP contribution < -0.4 is 10.6 Å². The lowest BCUT2D eigenvalue weighted by atomic mass is 9.89. The molecule has 0 aliphatic carbocycles. The molecule has 0 aromatic rings. The molecule has 1 fully saturated rings. The summed E-state index contributed by atoms with van der Waals surface area (Å²) in [5.74, 6) is 0.163. The van der Waals surface area contributed by atoms with Gasteiger partial charge in [0.1, 0.15) is 0 Å². The summed E-state index contributed by atoms with van der Waals surface area (Å²) >= 11 is 0. The van der Waals surface area contributed by atoms with E-state index >= 15 is 0 Å². The van der Waals surface area contributed by atoms with Crippen molar-refractivity contribution in [1.82, 2.24) is 10.6 Å². The zero-order valence-electron chi connectivity index (χ0n) is 9.51. The Hall–Kier alpha value is -0.610. The Kier molecular flexibility index (Phi) is 5.05. The molecule has 15 heavy (non-hydrogen) atoms. The zero-order valence-corrected chi connectivity index (χ0v) is 9.51. The van der Waals surface area contributed by atoms with Gasteiger partial charge in [0, 0.05) is 19.7 Å². The van der Waals surface area contributed by atoms with Crippen LogP contribution in [-0.4, -0.2) is 37.3 Å². The van der Waals surface area contributed by atoms with Crippen LogP contribution in [0.5, 0.6) is 0 Å². The minimum absolute atomic E-state index is 0.163. The number of nitrogens with one attached hydrogen (secondary N) is 2. The Morgan fingerprint density at radius 1 is 1.47 bits per heavy atom. The molecule has 0 aromatic carbocycles. The van der Waals surface area contributed by atoms with Crippen molar-refractivity contribution < 1.29 is 9.90 Å². The number of aliphatic hydroxyl groups is 1. The van der Waals surface area contributed by atoms with Crippen LogP contribution in [0.15, 0.2) is 0 Å². The third kappa shape index (κ3) is 3.80. The Morgan fingerprint density at radius 3 is 2.87 bits per heavy atom. The van der Waals surface area contributed by atoms with Crippen LogP contribution in [0.4, 0.5) is 0 Å². The number of hydrogen-bond donors (Lipinski definition) is 3. The van der Waals surface area contributed by atoms with E-state index in [1.54, 1.807) is 0 Å². The Labute approximate surface area is 91.4 Å². The highest BCUT2D eigenvalue weighted by Crippen LogP contribution is 2.24. The molecular formula is C11H22N2O2. The van der Waals surface area contributed by atoms with Crippen LogP contribution in [0.2, 0.25) is 0 Å². The first-order valence-electron chi connectivity index (χ1n) is 5.79. The van der Waals surface area contributed by atoms with E-state index in [0.29, 0.717) is 0 Å². The van der Waals surface area contributed by atoms with Crippen LogP contribution in [0, 0.1) is 5.41 Å². The van der Waals surface area contributed by atoms with Crippen LogP contribution in [0.25, 0.3) is 0 Å². The number of amides is 1. The van der Waals surface area contributed by atoms with E-state index in [9.17, 15) is 4.79 Å². The average molecular weight is 214 g/mol. The molecule has 4 nitrogen and oxygen atoms in total. The van der Waals surface area contributed by atoms with Gasteiger partial charge in [-0.2, -0.15) is 0 Å². The van der Waals surface area contributed by atoms with Crippen LogP contribution in [-0.2, 0) is 4.79 Å². The van der Waals surface area contributed by atoms with Crippen molar-refractivity contribution in [2.75, 3.05) is 26.2 Å². The zero-order chi connectivity index (χ0) is 11.1. The van der Waals surface area contributed by atoms with E-state index in [2.05, 4.69) is 10.6 Å². The summed E-state index contributed by atoms with van der Waals surface area (Å²) in [7, 11) is 0. The Bertz CT molecular complexity index is 201. The highest BCUT2D eigenvalue weighted by Gasteiger charge is 2.35. The maximum absolute atomic E-state index is 11.8. The fourth-order valence-electron chi connectivity index (χ4n) is 1.84. The number of aliphatic hydroxyl groups excluding tert-OH is 1. The van der Waals surface area contributed by atoms with Gasteiger partial charge in [0.15, 0.2) is 0 Å². The lowest BCUT2D eigenvalue weighted by Gasteiger charge is -2.21. The van der Waals surface area contributed by atoms with Crippen LogP contribution in [0.3, 0.4) is 0 Å². The third-order valence-electron chi connectivity index (χ3n) is 3.04. The second-order valence-corrected chi connectivity index (χ2v) is 4.53. The minimum atomic E-state index is -0.211. The fraction of sp³-hybridized carbons (Fsp3) is 0.909. The number of carbonyl (C=O) groups is 1. The van der Waals surface area contributed by atoms with Crippen LogP contribution >= 0.6 is 0 Å². The summed E-state index contributed by atoms with van der Waals surface area (Å²) in [4.78, 5) is 11.8. The van der Waals surface area contributed by atoms with E-state index in [4.69, 9.17) is 5.11 Å². The topological polar surface area (TPSA) is 61.4 Å². The maximum Gasteiger partial charge on any atom is 0.227 e. The van der Waals surface area contributed by atoms with Crippen molar-refractivity contribution in [1.29, 1.82) is 0 Å². The highest BCUT2D eigenvalue weighted by atomic mass is 16.2. The van der Waals surface area contributed by atoms with Crippen molar-refractivity contribution in [2.45, 2.75) is 32.6 Å². The van der Waals surface area contributed by atoms with Gasteiger partial charge < -0.3 is 15.7 Å². The molecule has 0 radical (unpaired) electrons. The Balaban J connectivity index is 2.12. The van der Waals surface area contributed by atoms with Crippen molar-refractivity contribution in [3.05, 3.63) is 0 Å². The molecule has 88 valence electrons. The number of carbonyl (C=O) groups excluding carboxylic acids is 1. The highest BCUT2D eigenvalue weighted by molar-refractivity contribution is 5.82. The maximum atomic E-state index is 11.8. The second-order valence-electron chi connectivity index (χ2n) is 4.53. The predicted octanol–water partition coefficient (Wildman–Crippen LogP) is 0.265. The fourth-order valence-corrected chi connectivity index (χ4v) is 1.84. The predicted molar refractivity (Wildman–Crippen MR) is 59.5 cm³/mol. The lowest BCUT2D eigenvalue weighted by molar-refractivity contribution is -0.129. The molecular weight excluding hydrogens is 192 g/mol. The van der Waals surface area contributed by atoms with Gasteiger partial charge in [0.25, 0.3) is 0 Å². The smallest absolute Gasteiger partial charge is 0.227 e. The summed E-state index contributed by atoms with van der Waals surface area (Å²) in [6.45, 7) is 4.71. The molecule has 0 saturated carbocycles. The third-order valence-corrected chi connectivity index (χ3v) is 3.04. The number of unbranched alkanes of at least 4 members (excludes halogenated alkanes) is 2. The van der Waals surface area contributed by atoms with E-state index in [-0.39, 0.29) is 17.9 Å². The second kappa shape index (κ2) is 6.08. The monoisotopic (exact) mass is 214 g/mol. The molecule has 0 spiro atoms. The first-order valence-corrected chi connectivity index (χ1v) is 5.79. The molecule has 0 bridgehead atoms. The molecule has 4 heteroatoms. The standard InChI is InChI=1S/C11H22N2O2/c1-11(5-7-12-9-11)10(15)13-6-3-2-4-8-14/h12,14H,2-9H2,1H3,(H,13,15). The van der Waals surface area contributed by atoms with E-state index in [1.807, 2.05) is 6.92 Å². The quantitative estimate of drug-likeness (QED) is 0.556. The molecule has 1 amide bonds. The molecule has 0 aromatic heterocycles. The van der Waals surface area contributed by atoms with Crippen molar-refractivity contribution >= 4 is 5.91 Å². The van der Waals surface area contributed by atoms with Gasteiger partial charge in [-0.15, -0.1) is 0 Å². The molecule has 1 unspecified atom stereocenters. The first-order chi connectivity index (χ1) is 7.19. The van der Waals surface area contributed by atoms with Gasteiger partial charge in [0.05, 0.1) is 5.41 Å².